The fourth-order valence-electron chi connectivity index (χ4n) is 2.22. The van der Waals surface area contributed by atoms with Gasteiger partial charge in [0.25, 0.3) is 0 Å². The van der Waals surface area contributed by atoms with Crippen LogP contribution in [0.1, 0.15) is 5.56 Å². The maximum atomic E-state index is 9.83. The summed E-state index contributed by atoms with van der Waals surface area (Å²) in [5.74, 6) is 0. The summed E-state index contributed by atoms with van der Waals surface area (Å²) in [6, 6.07) is 9.81. The molecule has 1 saturated heterocycles. The molecule has 1 heterocycles. The highest BCUT2D eigenvalue weighted by atomic mass is 28.3. The number of hydrogen-bond acceptors (Lipinski definition) is 2. The maximum absolute atomic E-state index is 9.83. The lowest BCUT2D eigenvalue weighted by molar-refractivity contribution is 0.135. The summed E-state index contributed by atoms with van der Waals surface area (Å²) in [5.41, 5.74) is 1.19. The molecule has 3 heteroatoms. The average Bonchev–Trinajstić information content (AvgIpc) is 3.13. The van der Waals surface area contributed by atoms with Gasteiger partial charge in [0.2, 0.25) is 0 Å². The van der Waals surface area contributed by atoms with E-state index in [4.69, 9.17) is 4.74 Å². The molecular formula is C15H22O2Si. The Labute approximate surface area is 110 Å². The molecule has 1 fully saturated rings. The van der Waals surface area contributed by atoms with Crippen molar-refractivity contribution in [2.75, 3.05) is 6.61 Å². The van der Waals surface area contributed by atoms with E-state index in [2.05, 4.69) is 43.9 Å². The van der Waals surface area contributed by atoms with E-state index in [0.29, 0.717) is 13.0 Å². The van der Waals surface area contributed by atoms with Crippen LogP contribution in [0.25, 0.3) is 0 Å². The van der Waals surface area contributed by atoms with Gasteiger partial charge in [0.1, 0.15) is 6.10 Å². The SMILES string of the molecule is C=CC[Si](C)(C)c1ccc(CC(O)C2CO2)cc1. The third kappa shape index (κ3) is 3.31. The van der Waals surface area contributed by atoms with E-state index >= 15 is 0 Å². The molecule has 0 saturated carbocycles. The van der Waals surface area contributed by atoms with Gasteiger partial charge in [-0.2, -0.15) is 0 Å². The molecule has 1 aliphatic heterocycles. The number of aliphatic hydroxyl groups excluding tert-OH is 1. The van der Waals surface area contributed by atoms with Crippen molar-refractivity contribution in [1.82, 2.24) is 0 Å². The molecule has 0 amide bonds. The normalized spacial score (nSPS) is 20.5. The van der Waals surface area contributed by atoms with Crippen LogP contribution in [0.15, 0.2) is 36.9 Å². The smallest absolute Gasteiger partial charge is 0.107 e. The van der Waals surface area contributed by atoms with Crippen LogP contribution >= 0.6 is 0 Å². The lowest BCUT2D eigenvalue weighted by Crippen LogP contribution is -2.40. The highest BCUT2D eigenvalue weighted by Crippen LogP contribution is 2.18. The van der Waals surface area contributed by atoms with Gasteiger partial charge in [-0.05, 0) is 11.6 Å². The van der Waals surface area contributed by atoms with Gasteiger partial charge in [0.05, 0.1) is 20.8 Å². The standard InChI is InChI=1S/C15H22O2Si/c1-4-9-18(2,3)13-7-5-12(6-8-13)10-14(16)15-11-17-15/h4-8,14-16H,1,9-11H2,2-3H3. The monoisotopic (exact) mass is 262 g/mol. The number of allylic oxidation sites excluding steroid dienone is 1. The lowest BCUT2D eigenvalue weighted by atomic mass is 10.1. The van der Waals surface area contributed by atoms with E-state index in [1.54, 1.807) is 0 Å². The zero-order valence-electron chi connectivity index (χ0n) is 11.2. The highest BCUT2D eigenvalue weighted by Gasteiger charge is 2.31. The van der Waals surface area contributed by atoms with Crippen LogP contribution in [-0.4, -0.2) is 32.0 Å². The third-order valence-corrected chi connectivity index (χ3v) is 6.83. The Morgan fingerprint density at radius 2 is 2.06 bits per heavy atom. The molecular weight excluding hydrogens is 240 g/mol. The predicted molar refractivity (Wildman–Crippen MR) is 78.0 cm³/mol. The summed E-state index contributed by atoms with van der Waals surface area (Å²) in [6.45, 7) is 9.26. The van der Waals surface area contributed by atoms with Crippen LogP contribution < -0.4 is 5.19 Å². The molecule has 2 rings (SSSR count). The van der Waals surface area contributed by atoms with Gasteiger partial charge in [-0.1, -0.05) is 48.6 Å². The molecule has 0 aromatic heterocycles. The van der Waals surface area contributed by atoms with Gasteiger partial charge in [-0.15, -0.1) is 6.58 Å². The van der Waals surface area contributed by atoms with Crippen molar-refractivity contribution in [3.05, 3.63) is 42.5 Å². The third-order valence-electron chi connectivity index (χ3n) is 3.62. The first kappa shape index (κ1) is 13.5. The van der Waals surface area contributed by atoms with E-state index in [0.717, 1.165) is 6.04 Å². The minimum atomic E-state index is -1.36. The first-order chi connectivity index (χ1) is 8.53. The second-order valence-electron chi connectivity index (χ2n) is 5.72. The molecule has 98 valence electrons. The number of ether oxygens (including phenoxy) is 1. The minimum absolute atomic E-state index is 0.0660. The number of epoxide rings is 1. The summed E-state index contributed by atoms with van der Waals surface area (Å²) in [4.78, 5) is 0. The molecule has 2 atom stereocenters. The van der Waals surface area contributed by atoms with Crippen molar-refractivity contribution in [2.45, 2.75) is 37.8 Å². The van der Waals surface area contributed by atoms with Gasteiger partial charge in [0, 0.05) is 6.42 Å². The Morgan fingerprint density at radius 3 is 2.56 bits per heavy atom. The summed E-state index contributed by atoms with van der Waals surface area (Å²) < 4.78 is 5.10. The zero-order valence-corrected chi connectivity index (χ0v) is 12.2. The second-order valence-corrected chi connectivity index (χ2v) is 10.5. The molecule has 1 aromatic carbocycles. The number of aliphatic hydroxyl groups is 1. The highest BCUT2D eigenvalue weighted by molar-refractivity contribution is 6.90. The molecule has 0 radical (unpaired) electrons. The van der Waals surface area contributed by atoms with Gasteiger partial charge >= 0.3 is 0 Å². The van der Waals surface area contributed by atoms with Crippen molar-refractivity contribution < 1.29 is 9.84 Å². The summed E-state index contributed by atoms with van der Waals surface area (Å²) in [5, 5.41) is 11.3. The van der Waals surface area contributed by atoms with E-state index in [1.807, 2.05) is 6.08 Å². The van der Waals surface area contributed by atoms with Crippen molar-refractivity contribution in [1.29, 1.82) is 0 Å². The Morgan fingerprint density at radius 1 is 1.44 bits per heavy atom. The molecule has 0 aliphatic carbocycles. The first-order valence-electron chi connectivity index (χ1n) is 6.53. The minimum Gasteiger partial charge on any atom is -0.390 e. The van der Waals surface area contributed by atoms with Crippen LogP contribution in [0.2, 0.25) is 19.1 Å². The van der Waals surface area contributed by atoms with E-state index in [1.165, 1.54) is 10.8 Å². The number of hydrogen-bond donors (Lipinski definition) is 1. The van der Waals surface area contributed by atoms with Crippen molar-refractivity contribution in [3.63, 3.8) is 0 Å². The second kappa shape index (κ2) is 5.39. The van der Waals surface area contributed by atoms with Crippen molar-refractivity contribution in [3.8, 4) is 0 Å². The molecule has 1 aromatic rings. The van der Waals surface area contributed by atoms with Crippen LogP contribution in [-0.2, 0) is 11.2 Å². The number of benzene rings is 1. The van der Waals surface area contributed by atoms with E-state index in [9.17, 15) is 5.11 Å². The van der Waals surface area contributed by atoms with Gasteiger partial charge in [0.15, 0.2) is 0 Å². The topological polar surface area (TPSA) is 32.8 Å². The predicted octanol–water partition coefficient (Wildman–Crippen LogP) is 2.09. The molecule has 2 nitrogen and oxygen atoms in total. The molecule has 1 aliphatic rings. The Hall–Kier alpha value is -0.903. The van der Waals surface area contributed by atoms with Gasteiger partial charge in [-0.25, -0.2) is 0 Å². The maximum Gasteiger partial charge on any atom is 0.107 e. The van der Waals surface area contributed by atoms with Crippen LogP contribution in [0.4, 0.5) is 0 Å². The zero-order chi connectivity index (χ0) is 13.2. The summed E-state index contributed by atoms with van der Waals surface area (Å²) >= 11 is 0. The average molecular weight is 262 g/mol. The lowest BCUT2D eigenvalue weighted by Gasteiger charge is -2.21. The van der Waals surface area contributed by atoms with Crippen molar-refractivity contribution in [2.24, 2.45) is 0 Å². The largest absolute Gasteiger partial charge is 0.390 e. The van der Waals surface area contributed by atoms with Crippen LogP contribution in [0.3, 0.4) is 0 Å². The molecule has 1 N–H and O–H groups in total. The molecule has 2 unspecified atom stereocenters. The Bertz CT molecular complexity index is 407. The van der Waals surface area contributed by atoms with Gasteiger partial charge < -0.3 is 9.84 Å². The quantitative estimate of drug-likeness (QED) is 0.484. The Balaban J connectivity index is 2.02. The number of rotatable bonds is 6. The fourth-order valence-corrected chi connectivity index (χ4v) is 4.25. The van der Waals surface area contributed by atoms with Crippen LogP contribution in [0.5, 0.6) is 0 Å². The molecule has 0 bridgehead atoms. The molecule has 0 spiro atoms. The van der Waals surface area contributed by atoms with E-state index < -0.39 is 8.07 Å². The van der Waals surface area contributed by atoms with E-state index in [-0.39, 0.29) is 12.2 Å². The fraction of sp³-hybridized carbons (Fsp3) is 0.467. The van der Waals surface area contributed by atoms with Gasteiger partial charge in [-0.3, -0.25) is 0 Å². The van der Waals surface area contributed by atoms with Crippen molar-refractivity contribution >= 4 is 13.3 Å². The first-order valence-corrected chi connectivity index (χ1v) is 9.73. The van der Waals surface area contributed by atoms with Crippen LogP contribution in [0, 0.1) is 0 Å². The summed E-state index contributed by atoms with van der Waals surface area (Å²) in [6.07, 6.45) is 2.42. The summed E-state index contributed by atoms with van der Waals surface area (Å²) in [7, 11) is -1.36. The molecule has 18 heavy (non-hydrogen) atoms. The Kier molecular flexibility index (Phi) is 4.05.